The van der Waals surface area contributed by atoms with E-state index in [1.54, 1.807) is 18.2 Å². The van der Waals surface area contributed by atoms with Crippen molar-refractivity contribution in [3.05, 3.63) is 28.8 Å². The number of hydrogen-bond acceptors (Lipinski definition) is 2. The fourth-order valence-electron chi connectivity index (χ4n) is 2.31. The molecule has 92 valence electrons. The predicted octanol–water partition coefficient (Wildman–Crippen LogP) is 3.64. The number of nitrogens with zero attached hydrogens (tertiary/aromatic N) is 1. The first-order chi connectivity index (χ1) is 7.92. The second-order valence-corrected chi connectivity index (χ2v) is 5.96. The molecule has 0 aliphatic carbocycles. The molecule has 1 aromatic rings. The average molecular weight is 270 g/mol. The topological polar surface area (TPSA) is 20.3 Å². The third-order valence-electron chi connectivity index (χ3n) is 3.33. The van der Waals surface area contributed by atoms with Gasteiger partial charge in [0.1, 0.15) is 0 Å². The molecule has 1 heterocycles. The summed E-state index contributed by atoms with van der Waals surface area (Å²) in [5.41, 5.74) is 0.474. The standard InChI is InChI=1S/C13H16ClNOS/c1-13(2)6-3-7-15(13)12(16)10-8-9(17)4-5-11(10)14/h4-5,8,17H,3,6-7H2,1-2H3. The minimum absolute atomic E-state index is 0.00778. The zero-order valence-electron chi connectivity index (χ0n) is 10.0. The maximum absolute atomic E-state index is 12.4. The highest BCUT2D eigenvalue weighted by atomic mass is 35.5. The Morgan fingerprint density at radius 3 is 2.76 bits per heavy atom. The smallest absolute Gasteiger partial charge is 0.255 e. The Kier molecular flexibility index (Phi) is 3.41. The van der Waals surface area contributed by atoms with Gasteiger partial charge in [-0.25, -0.2) is 0 Å². The minimum atomic E-state index is -0.0764. The van der Waals surface area contributed by atoms with Gasteiger partial charge in [0.2, 0.25) is 0 Å². The lowest BCUT2D eigenvalue weighted by atomic mass is 10.0. The third kappa shape index (κ3) is 2.45. The van der Waals surface area contributed by atoms with Crippen LogP contribution < -0.4 is 0 Å². The summed E-state index contributed by atoms with van der Waals surface area (Å²) < 4.78 is 0. The van der Waals surface area contributed by atoms with E-state index < -0.39 is 0 Å². The molecule has 1 aliphatic rings. The van der Waals surface area contributed by atoms with E-state index in [1.807, 2.05) is 4.90 Å². The van der Waals surface area contributed by atoms with E-state index in [9.17, 15) is 4.79 Å². The van der Waals surface area contributed by atoms with Gasteiger partial charge < -0.3 is 4.90 Å². The molecular formula is C13H16ClNOS. The van der Waals surface area contributed by atoms with Crippen LogP contribution in [-0.4, -0.2) is 22.9 Å². The van der Waals surface area contributed by atoms with E-state index in [0.717, 1.165) is 24.3 Å². The molecule has 0 aromatic heterocycles. The molecule has 0 atom stereocenters. The zero-order chi connectivity index (χ0) is 12.6. The van der Waals surface area contributed by atoms with Gasteiger partial charge in [-0.15, -0.1) is 12.6 Å². The van der Waals surface area contributed by atoms with Crippen molar-refractivity contribution < 1.29 is 4.79 Å². The van der Waals surface area contributed by atoms with Crippen molar-refractivity contribution in [2.24, 2.45) is 0 Å². The first-order valence-corrected chi connectivity index (χ1v) is 6.55. The number of likely N-dealkylation sites (tertiary alicyclic amines) is 1. The van der Waals surface area contributed by atoms with Gasteiger partial charge in [0.25, 0.3) is 5.91 Å². The Bertz CT molecular complexity index is 459. The van der Waals surface area contributed by atoms with Crippen molar-refractivity contribution in [2.45, 2.75) is 37.1 Å². The molecule has 17 heavy (non-hydrogen) atoms. The normalized spacial score (nSPS) is 18.5. The first kappa shape index (κ1) is 12.8. The number of thiol groups is 1. The second-order valence-electron chi connectivity index (χ2n) is 5.04. The van der Waals surface area contributed by atoms with Crippen molar-refractivity contribution in [1.82, 2.24) is 4.90 Å². The summed E-state index contributed by atoms with van der Waals surface area (Å²) in [6.07, 6.45) is 2.09. The maximum atomic E-state index is 12.4. The lowest BCUT2D eigenvalue weighted by molar-refractivity contribution is 0.0652. The van der Waals surface area contributed by atoms with Crippen LogP contribution >= 0.6 is 24.2 Å². The van der Waals surface area contributed by atoms with Crippen molar-refractivity contribution in [3.63, 3.8) is 0 Å². The van der Waals surface area contributed by atoms with E-state index in [-0.39, 0.29) is 11.4 Å². The van der Waals surface area contributed by atoms with Crippen LogP contribution in [0.4, 0.5) is 0 Å². The fourth-order valence-corrected chi connectivity index (χ4v) is 2.71. The van der Waals surface area contributed by atoms with Gasteiger partial charge in [0.05, 0.1) is 10.6 Å². The molecule has 0 unspecified atom stereocenters. The lowest BCUT2D eigenvalue weighted by Crippen LogP contribution is -2.42. The molecule has 0 spiro atoms. The molecule has 2 rings (SSSR count). The summed E-state index contributed by atoms with van der Waals surface area (Å²) in [7, 11) is 0. The first-order valence-electron chi connectivity index (χ1n) is 5.72. The van der Waals surface area contributed by atoms with Crippen molar-refractivity contribution in [2.75, 3.05) is 6.54 Å². The molecular weight excluding hydrogens is 254 g/mol. The average Bonchev–Trinajstić information content (AvgIpc) is 2.61. The molecule has 2 nitrogen and oxygen atoms in total. The molecule has 1 amide bonds. The summed E-state index contributed by atoms with van der Waals surface area (Å²) in [4.78, 5) is 15.1. The number of benzene rings is 1. The number of halogens is 1. The Morgan fingerprint density at radius 2 is 2.18 bits per heavy atom. The van der Waals surface area contributed by atoms with Gasteiger partial charge in [-0.2, -0.15) is 0 Å². The van der Waals surface area contributed by atoms with Crippen LogP contribution in [0.5, 0.6) is 0 Å². The summed E-state index contributed by atoms with van der Waals surface area (Å²) in [6.45, 7) is 4.99. The van der Waals surface area contributed by atoms with E-state index in [4.69, 9.17) is 11.6 Å². The van der Waals surface area contributed by atoms with E-state index >= 15 is 0 Å². The fraction of sp³-hybridized carbons (Fsp3) is 0.462. The van der Waals surface area contributed by atoms with Crippen LogP contribution in [0.2, 0.25) is 5.02 Å². The monoisotopic (exact) mass is 269 g/mol. The summed E-state index contributed by atoms with van der Waals surface area (Å²) in [5, 5.41) is 0.496. The molecule has 4 heteroatoms. The number of carbonyl (C=O) groups is 1. The van der Waals surface area contributed by atoms with Crippen LogP contribution in [0.25, 0.3) is 0 Å². The van der Waals surface area contributed by atoms with Gasteiger partial charge in [0.15, 0.2) is 0 Å². The van der Waals surface area contributed by atoms with Gasteiger partial charge in [0, 0.05) is 17.0 Å². The van der Waals surface area contributed by atoms with Gasteiger partial charge in [-0.3, -0.25) is 4.79 Å². The largest absolute Gasteiger partial charge is 0.333 e. The molecule has 1 fully saturated rings. The zero-order valence-corrected chi connectivity index (χ0v) is 11.7. The van der Waals surface area contributed by atoms with E-state index in [1.165, 1.54) is 0 Å². The quantitative estimate of drug-likeness (QED) is 0.772. The highest BCUT2D eigenvalue weighted by Crippen LogP contribution is 2.31. The Morgan fingerprint density at radius 1 is 1.47 bits per heavy atom. The molecule has 0 bridgehead atoms. The van der Waals surface area contributed by atoms with E-state index in [0.29, 0.717) is 10.6 Å². The molecule has 1 aliphatic heterocycles. The Labute approximate surface area is 112 Å². The summed E-state index contributed by atoms with van der Waals surface area (Å²) in [5.74, 6) is 0.00778. The number of rotatable bonds is 1. The van der Waals surface area contributed by atoms with Crippen LogP contribution in [0.1, 0.15) is 37.0 Å². The molecule has 1 aromatic carbocycles. The number of hydrogen-bond donors (Lipinski definition) is 1. The highest BCUT2D eigenvalue weighted by Gasteiger charge is 2.36. The molecule has 0 saturated carbocycles. The molecule has 0 N–H and O–H groups in total. The Balaban J connectivity index is 2.34. The van der Waals surface area contributed by atoms with Gasteiger partial charge in [-0.1, -0.05) is 11.6 Å². The van der Waals surface area contributed by atoms with Crippen molar-refractivity contribution in [1.29, 1.82) is 0 Å². The summed E-state index contributed by atoms with van der Waals surface area (Å²) in [6, 6.07) is 5.25. The van der Waals surface area contributed by atoms with Crippen molar-refractivity contribution in [3.8, 4) is 0 Å². The number of amides is 1. The number of carbonyl (C=O) groups excluding carboxylic acids is 1. The third-order valence-corrected chi connectivity index (χ3v) is 3.93. The molecule has 1 saturated heterocycles. The van der Waals surface area contributed by atoms with Crippen LogP contribution in [0, 0.1) is 0 Å². The molecule has 0 radical (unpaired) electrons. The minimum Gasteiger partial charge on any atom is -0.333 e. The Hall–Kier alpha value is -0.670. The van der Waals surface area contributed by atoms with Crippen LogP contribution in [0.3, 0.4) is 0 Å². The maximum Gasteiger partial charge on any atom is 0.255 e. The lowest BCUT2D eigenvalue weighted by Gasteiger charge is -2.32. The SMILES string of the molecule is CC1(C)CCCN1C(=O)c1cc(S)ccc1Cl. The van der Waals surface area contributed by atoms with Crippen LogP contribution in [0.15, 0.2) is 23.1 Å². The van der Waals surface area contributed by atoms with Crippen molar-refractivity contribution >= 4 is 30.1 Å². The predicted molar refractivity (Wildman–Crippen MR) is 73.1 cm³/mol. The van der Waals surface area contributed by atoms with Crippen LogP contribution in [-0.2, 0) is 0 Å². The second kappa shape index (κ2) is 4.54. The van der Waals surface area contributed by atoms with Gasteiger partial charge in [-0.05, 0) is 44.9 Å². The van der Waals surface area contributed by atoms with E-state index in [2.05, 4.69) is 26.5 Å². The highest BCUT2D eigenvalue weighted by molar-refractivity contribution is 7.80. The summed E-state index contributed by atoms with van der Waals surface area (Å²) >= 11 is 10.3. The van der Waals surface area contributed by atoms with Gasteiger partial charge >= 0.3 is 0 Å².